The highest BCUT2D eigenvalue weighted by Gasteiger charge is 2.31. The average Bonchev–Trinajstić information content (AvgIpc) is 2.99. The van der Waals surface area contributed by atoms with E-state index in [0.717, 1.165) is 12.8 Å². The molecule has 0 amide bonds. The molecule has 1 heterocycles. The maximum absolute atomic E-state index is 10.2. The van der Waals surface area contributed by atoms with Crippen LogP contribution in [0.5, 0.6) is 0 Å². The molecule has 5 heteroatoms. The zero-order chi connectivity index (χ0) is 14.8. The van der Waals surface area contributed by atoms with Crippen molar-refractivity contribution in [1.82, 2.24) is 10.1 Å². The van der Waals surface area contributed by atoms with E-state index in [1.165, 1.54) is 12.8 Å². The third kappa shape index (κ3) is 3.58. The summed E-state index contributed by atoms with van der Waals surface area (Å²) in [5.74, 6) is 1.45. The van der Waals surface area contributed by atoms with E-state index >= 15 is 0 Å². The second-order valence-corrected chi connectivity index (χ2v) is 6.84. The van der Waals surface area contributed by atoms with Crippen LogP contribution in [0.25, 0.3) is 0 Å². The van der Waals surface area contributed by atoms with E-state index in [9.17, 15) is 5.11 Å². The minimum absolute atomic E-state index is 0.0973. The van der Waals surface area contributed by atoms with Crippen molar-refractivity contribution >= 4 is 0 Å². The number of aromatic nitrogens is 2. The Labute approximate surface area is 120 Å². The zero-order valence-electron chi connectivity index (χ0n) is 12.9. The Morgan fingerprint density at radius 1 is 1.35 bits per heavy atom. The van der Waals surface area contributed by atoms with Gasteiger partial charge in [-0.05, 0) is 24.2 Å². The number of rotatable bonds is 5. The second-order valence-electron chi connectivity index (χ2n) is 6.84. The normalized spacial score (nSPS) is 20.2. The molecule has 2 rings (SSSR count). The summed E-state index contributed by atoms with van der Waals surface area (Å²) in [6.07, 6.45) is 4.50. The van der Waals surface area contributed by atoms with Crippen molar-refractivity contribution < 1.29 is 14.4 Å². The molecular formula is C15H26N2O3. The molecule has 2 atom stereocenters. The van der Waals surface area contributed by atoms with Crippen molar-refractivity contribution in [2.45, 2.75) is 65.1 Å². The van der Waals surface area contributed by atoms with Crippen LogP contribution in [-0.2, 0) is 11.2 Å². The lowest BCUT2D eigenvalue weighted by Crippen LogP contribution is -2.22. The third-order valence-electron chi connectivity index (χ3n) is 4.07. The molecule has 0 saturated heterocycles. The lowest BCUT2D eigenvalue weighted by molar-refractivity contribution is 0.00718. The predicted molar refractivity (Wildman–Crippen MR) is 75.2 cm³/mol. The molecule has 1 aliphatic carbocycles. The summed E-state index contributed by atoms with van der Waals surface area (Å²) in [5.41, 5.74) is -0.0973. The highest BCUT2D eigenvalue weighted by Crippen LogP contribution is 2.34. The van der Waals surface area contributed by atoms with Crippen LogP contribution in [0.1, 0.15) is 64.3 Å². The first-order valence-corrected chi connectivity index (χ1v) is 7.45. The molecule has 0 radical (unpaired) electrons. The summed E-state index contributed by atoms with van der Waals surface area (Å²) in [6, 6.07) is 0. The van der Waals surface area contributed by atoms with Crippen molar-refractivity contribution in [2.24, 2.45) is 11.3 Å². The van der Waals surface area contributed by atoms with E-state index in [1.54, 1.807) is 7.11 Å². The SMILES string of the molecule is COC(c1noc(CC(O)C2CCCC2)n1)C(C)(C)C. The maximum atomic E-state index is 10.2. The minimum Gasteiger partial charge on any atom is -0.392 e. The molecule has 0 spiro atoms. The first-order valence-electron chi connectivity index (χ1n) is 7.45. The molecule has 0 aromatic carbocycles. The highest BCUT2D eigenvalue weighted by molar-refractivity contribution is 4.97. The second kappa shape index (κ2) is 6.22. The Kier molecular flexibility index (Phi) is 4.81. The van der Waals surface area contributed by atoms with Gasteiger partial charge in [0.1, 0.15) is 6.10 Å². The van der Waals surface area contributed by atoms with Crippen LogP contribution in [0.15, 0.2) is 4.52 Å². The average molecular weight is 282 g/mol. The summed E-state index contributed by atoms with van der Waals surface area (Å²) >= 11 is 0. The topological polar surface area (TPSA) is 68.4 Å². The number of ether oxygens (including phenoxy) is 1. The van der Waals surface area contributed by atoms with E-state index in [1.807, 2.05) is 0 Å². The van der Waals surface area contributed by atoms with Crippen molar-refractivity contribution in [1.29, 1.82) is 0 Å². The lowest BCUT2D eigenvalue weighted by atomic mass is 9.88. The number of hydrogen-bond donors (Lipinski definition) is 1. The summed E-state index contributed by atoms with van der Waals surface area (Å²) in [4.78, 5) is 4.40. The molecule has 1 fully saturated rings. The Hall–Kier alpha value is -0.940. The van der Waals surface area contributed by atoms with Gasteiger partial charge in [-0.2, -0.15) is 4.98 Å². The van der Waals surface area contributed by atoms with Crippen LogP contribution < -0.4 is 0 Å². The van der Waals surface area contributed by atoms with Gasteiger partial charge in [0.05, 0.1) is 12.5 Å². The standard InChI is InChI=1S/C15H26N2O3/c1-15(2,3)13(19-4)14-16-12(20-17-14)9-11(18)10-7-5-6-8-10/h10-11,13,18H,5-9H2,1-4H3. The molecular weight excluding hydrogens is 256 g/mol. The first kappa shape index (κ1) is 15.4. The molecule has 20 heavy (non-hydrogen) atoms. The monoisotopic (exact) mass is 282 g/mol. The molecule has 0 aliphatic heterocycles. The summed E-state index contributed by atoms with van der Waals surface area (Å²) in [6.45, 7) is 6.22. The van der Waals surface area contributed by atoms with Gasteiger partial charge in [-0.15, -0.1) is 0 Å². The van der Waals surface area contributed by atoms with Crippen LogP contribution in [0.2, 0.25) is 0 Å². The van der Waals surface area contributed by atoms with E-state index < -0.39 is 0 Å². The molecule has 1 aromatic rings. The molecule has 1 N–H and O–H groups in total. The maximum Gasteiger partial charge on any atom is 0.229 e. The number of hydrogen-bond acceptors (Lipinski definition) is 5. The van der Waals surface area contributed by atoms with Crippen molar-refractivity contribution in [3.63, 3.8) is 0 Å². The number of aliphatic hydroxyl groups excluding tert-OH is 1. The smallest absolute Gasteiger partial charge is 0.229 e. The van der Waals surface area contributed by atoms with Gasteiger partial charge in [0.2, 0.25) is 11.7 Å². The fraction of sp³-hybridized carbons (Fsp3) is 0.867. The number of methoxy groups -OCH3 is 1. The largest absolute Gasteiger partial charge is 0.392 e. The van der Waals surface area contributed by atoms with E-state index in [4.69, 9.17) is 9.26 Å². The summed E-state index contributed by atoms with van der Waals surface area (Å²) in [7, 11) is 1.65. The van der Waals surface area contributed by atoms with Crippen LogP contribution in [0, 0.1) is 11.3 Å². The van der Waals surface area contributed by atoms with Crippen LogP contribution in [0.4, 0.5) is 0 Å². The van der Waals surface area contributed by atoms with Gasteiger partial charge in [0, 0.05) is 7.11 Å². The quantitative estimate of drug-likeness (QED) is 0.899. The van der Waals surface area contributed by atoms with Gasteiger partial charge >= 0.3 is 0 Å². The van der Waals surface area contributed by atoms with Gasteiger partial charge in [-0.3, -0.25) is 0 Å². The number of nitrogens with zero attached hydrogens (tertiary/aromatic N) is 2. The lowest BCUT2D eigenvalue weighted by Gasteiger charge is -2.26. The molecule has 1 saturated carbocycles. The zero-order valence-corrected chi connectivity index (χ0v) is 12.9. The third-order valence-corrected chi connectivity index (χ3v) is 4.07. The van der Waals surface area contributed by atoms with Gasteiger partial charge < -0.3 is 14.4 Å². The predicted octanol–water partition coefficient (Wildman–Crippen LogP) is 2.90. The Bertz CT molecular complexity index is 419. The fourth-order valence-corrected chi connectivity index (χ4v) is 2.99. The molecule has 1 aliphatic rings. The van der Waals surface area contributed by atoms with Crippen molar-refractivity contribution in [3.05, 3.63) is 11.7 Å². The van der Waals surface area contributed by atoms with Gasteiger partial charge in [-0.25, -0.2) is 0 Å². The summed E-state index contributed by atoms with van der Waals surface area (Å²) < 4.78 is 10.7. The van der Waals surface area contributed by atoms with Gasteiger partial charge in [0.15, 0.2) is 0 Å². The van der Waals surface area contributed by atoms with Crippen LogP contribution in [0.3, 0.4) is 0 Å². The Morgan fingerprint density at radius 3 is 2.55 bits per heavy atom. The fourth-order valence-electron chi connectivity index (χ4n) is 2.99. The molecule has 5 nitrogen and oxygen atoms in total. The van der Waals surface area contributed by atoms with E-state index in [-0.39, 0.29) is 17.6 Å². The van der Waals surface area contributed by atoms with Crippen molar-refractivity contribution in [3.8, 4) is 0 Å². The molecule has 114 valence electrons. The summed E-state index contributed by atoms with van der Waals surface area (Å²) in [5, 5.41) is 14.2. The van der Waals surface area contributed by atoms with Crippen LogP contribution in [-0.4, -0.2) is 28.5 Å². The highest BCUT2D eigenvalue weighted by atomic mass is 16.5. The van der Waals surface area contributed by atoms with Gasteiger partial charge in [-0.1, -0.05) is 38.8 Å². The Balaban J connectivity index is 2.01. The van der Waals surface area contributed by atoms with Crippen molar-refractivity contribution in [2.75, 3.05) is 7.11 Å². The van der Waals surface area contributed by atoms with E-state index in [2.05, 4.69) is 30.9 Å². The molecule has 0 bridgehead atoms. The van der Waals surface area contributed by atoms with E-state index in [0.29, 0.717) is 24.1 Å². The van der Waals surface area contributed by atoms with Crippen LogP contribution >= 0.6 is 0 Å². The number of aliphatic hydroxyl groups is 1. The van der Waals surface area contributed by atoms with Gasteiger partial charge in [0.25, 0.3) is 0 Å². The Morgan fingerprint density at radius 2 is 2.00 bits per heavy atom. The molecule has 1 aromatic heterocycles. The first-order chi connectivity index (χ1) is 9.41. The molecule has 2 unspecified atom stereocenters. The minimum atomic E-state index is -0.374.